The minimum absolute atomic E-state index is 0.00423. The standard InChI is InChI=1S/C17H21FN2O4/c18-12-7-14(10-21)20(9-12)17(23)11-24-15-4-1-3-13(8-15)19-6-2-5-16(19)22/h1,3-4,8,12,14,21H,2,5-7,9-11H2/t12-,14-/m0/s1. The largest absolute Gasteiger partial charge is 0.484 e. The summed E-state index contributed by atoms with van der Waals surface area (Å²) in [6.07, 6.45) is 0.445. The van der Waals surface area contributed by atoms with E-state index in [9.17, 15) is 19.1 Å². The Morgan fingerprint density at radius 3 is 2.96 bits per heavy atom. The molecule has 2 fully saturated rings. The number of halogens is 1. The third kappa shape index (κ3) is 3.51. The van der Waals surface area contributed by atoms with Crippen LogP contribution in [0.25, 0.3) is 0 Å². The molecule has 2 saturated heterocycles. The highest BCUT2D eigenvalue weighted by atomic mass is 19.1. The number of likely N-dealkylation sites (tertiary alicyclic amines) is 1. The molecular weight excluding hydrogens is 315 g/mol. The quantitative estimate of drug-likeness (QED) is 0.875. The van der Waals surface area contributed by atoms with Gasteiger partial charge in [-0.05, 0) is 18.6 Å². The first-order chi connectivity index (χ1) is 11.6. The summed E-state index contributed by atoms with van der Waals surface area (Å²) in [5.41, 5.74) is 0.751. The normalized spacial score (nSPS) is 23.8. The summed E-state index contributed by atoms with van der Waals surface area (Å²) in [7, 11) is 0. The summed E-state index contributed by atoms with van der Waals surface area (Å²) in [4.78, 5) is 27.0. The van der Waals surface area contributed by atoms with Crippen molar-refractivity contribution in [2.75, 3.05) is 31.2 Å². The SMILES string of the molecule is O=C1CCCN1c1cccc(OCC(=O)N2C[C@@H](F)C[C@H]2CO)c1. The van der Waals surface area contributed by atoms with Gasteiger partial charge in [0.05, 0.1) is 19.2 Å². The van der Waals surface area contributed by atoms with Gasteiger partial charge in [0.15, 0.2) is 6.61 Å². The lowest BCUT2D eigenvalue weighted by atomic mass is 10.2. The summed E-state index contributed by atoms with van der Waals surface area (Å²) in [6, 6.07) is 6.55. The van der Waals surface area contributed by atoms with Crippen LogP contribution < -0.4 is 9.64 Å². The Kier molecular flexibility index (Phi) is 4.99. The van der Waals surface area contributed by atoms with Crippen molar-refractivity contribution in [3.63, 3.8) is 0 Å². The molecule has 0 aromatic heterocycles. The number of hydrogen-bond donors (Lipinski definition) is 1. The number of aliphatic hydroxyl groups is 1. The molecule has 1 aromatic carbocycles. The zero-order valence-corrected chi connectivity index (χ0v) is 13.4. The van der Waals surface area contributed by atoms with Crippen molar-refractivity contribution in [1.29, 1.82) is 0 Å². The molecule has 3 rings (SSSR count). The van der Waals surface area contributed by atoms with Crippen molar-refractivity contribution in [1.82, 2.24) is 4.90 Å². The topological polar surface area (TPSA) is 70.1 Å². The van der Waals surface area contributed by atoms with Gasteiger partial charge in [-0.25, -0.2) is 4.39 Å². The summed E-state index contributed by atoms with van der Waals surface area (Å²) in [6.45, 7) is 0.208. The number of nitrogens with zero attached hydrogens (tertiary/aromatic N) is 2. The van der Waals surface area contributed by atoms with Gasteiger partial charge in [-0.2, -0.15) is 0 Å². The molecule has 2 heterocycles. The van der Waals surface area contributed by atoms with Gasteiger partial charge in [0.2, 0.25) is 5.91 Å². The summed E-state index contributed by atoms with van der Waals surface area (Å²) in [5, 5.41) is 9.23. The van der Waals surface area contributed by atoms with Gasteiger partial charge in [-0.15, -0.1) is 0 Å². The molecule has 0 unspecified atom stereocenters. The number of benzene rings is 1. The van der Waals surface area contributed by atoms with Crippen LogP contribution in [0, 0.1) is 0 Å². The number of anilines is 1. The van der Waals surface area contributed by atoms with Crippen LogP contribution in [0.1, 0.15) is 19.3 Å². The molecular formula is C17H21FN2O4. The fourth-order valence-electron chi connectivity index (χ4n) is 3.23. The van der Waals surface area contributed by atoms with Crippen LogP contribution in [0.2, 0.25) is 0 Å². The average molecular weight is 336 g/mol. The van der Waals surface area contributed by atoms with Crippen molar-refractivity contribution in [3.8, 4) is 5.75 Å². The van der Waals surface area contributed by atoms with E-state index in [1.54, 1.807) is 23.1 Å². The third-order valence-corrected chi connectivity index (χ3v) is 4.46. The molecule has 6 nitrogen and oxygen atoms in total. The number of hydrogen-bond acceptors (Lipinski definition) is 4. The minimum atomic E-state index is -1.10. The third-order valence-electron chi connectivity index (χ3n) is 4.46. The van der Waals surface area contributed by atoms with Gasteiger partial charge in [-0.1, -0.05) is 6.07 Å². The van der Waals surface area contributed by atoms with E-state index in [0.29, 0.717) is 18.7 Å². The van der Waals surface area contributed by atoms with Gasteiger partial charge in [0.1, 0.15) is 11.9 Å². The highest BCUT2D eigenvalue weighted by molar-refractivity contribution is 5.95. The Hall–Kier alpha value is -2.15. The minimum Gasteiger partial charge on any atom is -0.484 e. The van der Waals surface area contributed by atoms with E-state index in [1.807, 2.05) is 6.07 Å². The van der Waals surface area contributed by atoms with Crippen LogP contribution in [-0.4, -0.2) is 60.3 Å². The predicted molar refractivity (Wildman–Crippen MR) is 85.6 cm³/mol. The number of ether oxygens (including phenoxy) is 1. The Balaban J connectivity index is 1.60. The summed E-state index contributed by atoms with van der Waals surface area (Å²) < 4.78 is 18.9. The lowest BCUT2D eigenvalue weighted by molar-refractivity contribution is -0.135. The second-order valence-corrected chi connectivity index (χ2v) is 6.15. The van der Waals surface area contributed by atoms with Gasteiger partial charge >= 0.3 is 0 Å². The van der Waals surface area contributed by atoms with Crippen molar-refractivity contribution >= 4 is 17.5 Å². The molecule has 1 aromatic rings. The molecule has 2 atom stereocenters. The number of amides is 2. The van der Waals surface area contributed by atoms with Crippen LogP contribution >= 0.6 is 0 Å². The molecule has 0 radical (unpaired) electrons. The van der Waals surface area contributed by atoms with Crippen LogP contribution in [0.3, 0.4) is 0 Å². The molecule has 0 saturated carbocycles. The van der Waals surface area contributed by atoms with Crippen molar-refractivity contribution in [2.45, 2.75) is 31.5 Å². The molecule has 2 aliphatic heterocycles. The van der Waals surface area contributed by atoms with Crippen LogP contribution in [0.5, 0.6) is 5.75 Å². The first-order valence-corrected chi connectivity index (χ1v) is 8.16. The van der Waals surface area contributed by atoms with Crippen LogP contribution in [0.15, 0.2) is 24.3 Å². The van der Waals surface area contributed by atoms with Gasteiger partial charge in [0.25, 0.3) is 5.91 Å². The number of aliphatic hydroxyl groups excluding tert-OH is 1. The summed E-state index contributed by atoms with van der Waals surface area (Å²) in [5.74, 6) is 0.217. The van der Waals surface area contributed by atoms with E-state index in [-0.39, 0.29) is 38.0 Å². The number of carbonyl (C=O) groups is 2. The molecule has 1 N–H and O–H groups in total. The highest BCUT2D eigenvalue weighted by Crippen LogP contribution is 2.26. The average Bonchev–Trinajstić information content (AvgIpc) is 3.18. The van der Waals surface area contributed by atoms with Crippen LogP contribution in [0.4, 0.5) is 10.1 Å². The lowest BCUT2D eigenvalue weighted by Crippen LogP contribution is -2.40. The molecule has 7 heteroatoms. The lowest BCUT2D eigenvalue weighted by Gasteiger charge is -2.22. The molecule has 2 amide bonds. The molecule has 24 heavy (non-hydrogen) atoms. The van der Waals surface area contributed by atoms with Crippen LogP contribution in [-0.2, 0) is 9.59 Å². The van der Waals surface area contributed by atoms with Gasteiger partial charge in [-0.3, -0.25) is 9.59 Å². The Morgan fingerprint density at radius 1 is 1.42 bits per heavy atom. The Bertz CT molecular complexity index is 624. The first kappa shape index (κ1) is 16.7. The number of carbonyl (C=O) groups excluding carboxylic acids is 2. The maximum atomic E-state index is 13.4. The molecule has 2 aliphatic rings. The zero-order chi connectivity index (χ0) is 17.1. The predicted octanol–water partition coefficient (Wildman–Crippen LogP) is 1.12. The van der Waals surface area contributed by atoms with E-state index in [2.05, 4.69) is 0 Å². The maximum absolute atomic E-state index is 13.4. The Labute approximate surface area is 139 Å². The van der Waals surface area contributed by atoms with E-state index >= 15 is 0 Å². The van der Waals surface area contributed by atoms with E-state index in [4.69, 9.17) is 4.74 Å². The molecule has 0 bridgehead atoms. The maximum Gasteiger partial charge on any atom is 0.260 e. The fourth-order valence-corrected chi connectivity index (χ4v) is 3.23. The van der Waals surface area contributed by atoms with E-state index < -0.39 is 12.2 Å². The van der Waals surface area contributed by atoms with Crippen molar-refractivity contribution in [3.05, 3.63) is 24.3 Å². The molecule has 0 aliphatic carbocycles. The van der Waals surface area contributed by atoms with E-state index in [1.165, 1.54) is 4.90 Å². The Morgan fingerprint density at radius 2 is 2.25 bits per heavy atom. The van der Waals surface area contributed by atoms with Crippen molar-refractivity contribution < 1.29 is 23.8 Å². The van der Waals surface area contributed by atoms with E-state index in [0.717, 1.165) is 12.1 Å². The highest BCUT2D eigenvalue weighted by Gasteiger charge is 2.34. The first-order valence-electron chi connectivity index (χ1n) is 8.16. The van der Waals surface area contributed by atoms with Crippen molar-refractivity contribution in [2.24, 2.45) is 0 Å². The van der Waals surface area contributed by atoms with Gasteiger partial charge < -0.3 is 19.6 Å². The fraction of sp³-hybridized carbons (Fsp3) is 0.529. The second kappa shape index (κ2) is 7.17. The second-order valence-electron chi connectivity index (χ2n) is 6.15. The summed E-state index contributed by atoms with van der Waals surface area (Å²) >= 11 is 0. The molecule has 130 valence electrons. The number of alkyl halides is 1. The monoisotopic (exact) mass is 336 g/mol. The number of rotatable bonds is 5. The zero-order valence-electron chi connectivity index (χ0n) is 13.4. The smallest absolute Gasteiger partial charge is 0.260 e. The van der Waals surface area contributed by atoms with Gasteiger partial charge in [0, 0.05) is 31.1 Å². The molecule has 0 spiro atoms.